The molecule has 1 aromatic heterocycles. The maximum Gasteiger partial charge on any atom is 0.255 e. The lowest BCUT2D eigenvalue weighted by Crippen LogP contribution is -2.11. The van der Waals surface area contributed by atoms with E-state index in [0.29, 0.717) is 39.5 Å². The number of hydrogen-bond donors (Lipinski definition) is 2. The molecule has 0 aliphatic heterocycles. The van der Waals surface area contributed by atoms with Crippen LogP contribution in [-0.4, -0.2) is 16.8 Å². The monoisotopic (exact) mass is 517 g/mol. The lowest BCUT2D eigenvalue weighted by Gasteiger charge is -2.06. The lowest BCUT2D eigenvalue weighted by molar-refractivity contribution is 0.101. The van der Waals surface area contributed by atoms with E-state index in [1.54, 1.807) is 18.2 Å². The number of aromatic nitrogens is 1. The Labute approximate surface area is 228 Å². The number of carbonyl (C=O) groups is 2. The first-order chi connectivity index (χ1) is 19.0. The summed E-state index contributed by atoms with van der Waals surface area (Å²) in [5.41, 5.74) is 7.05. The Morgan fingerprint density at radius 2 is 1.18 bits per heavy atom. The third kappa shape index (κ3) is 6.24. The van der Waals surface area contributed by atoms with Crippen LogP contribution in [0.15, 0.2) is 95.4 Å². The number of amides is 2. The van der Waals surface area contributed by atoms with Crippen LogP contribution in [0.2, 0.25) is 0 Å². The zero-order chi connectivity index (χ0) is 27.2. The van der Waals surface area contributed by atoms with Crippen LogP contribution in [0.4, 0.5) is 11.4 Å². The molecule has 0 spiro atoms. The summed E-state index contributed by atoms with van der Waals surface area (Å²) in [4.78, 5) is 29.9. The molecule has 5 aromatic rings. The molecule has 6 heteroatoms. The van der Waals surface area contributed by atoms with Gasteiger partial charge in [0.05, 0.1) is 0 Å². The summed E-state index contributed by atoms with van der Waals surface area (Å²) in [7, 11) is 0. The second-order valence-electron chi connectivity index (χ2n) is 9.58. The maximum absolute atomic E-state index is 12.7. The number of oxazole rings is 1. The fourth-order valence-electron chi connectivity index (χ4n) is 4.45. The van der Waals surface area contributed by atoms with Crippen LogP contribution < -0.4 is 10.6 Å². The summed E-state index contributed by atoms with van der Waals surface area (Å²) in [6.45, 7) is 4.27. The van der Waals surface area contributed by atoms with Gasteiger partial charge in [-0.15, -0.1) is 0 Å². The van der Waals surface area contributed by atoms with E-state index in [1.165, 1.54) is 11.1 Å². The van der Waals surface area contributed by atoms with Gasteiger partial charge in [0.1, 0.15) is 5.52 Å². The van der Waals surface area contributed by atoms with Gasteiger partial charge in [0, 0.05) is 28.1 Å². The summed E-state index contributed by atoms with van der Waals surface area (Å²) in [5, 5.41) is 5.87. The Hall–Kier alpha value is -4.71. The van der Waals surface area contributed by atoms with E-state index in [9.17, 15) is 9.59 Å². The molecule has 39 heavy (non-hydrogen) atoms. The Bertz CT molecular complexity index is 1580. The summed E-state index contributed by atoms with van der Waals surface area (Å²) < 4.78 is 5.94. The van der Waals surface area contributed by atoms with Gasteiger partial charge in [-0.3, -0.25) is 9.59 Å². The van der Waals surface area contributed by atoms with Gasteiger partial charge in [-0.05, 0) is 90.7 Å². The van der Waals surface area contributed by atoms with Gasteiger partial charge in [0.25, 0.3) is 11.8 Å². The van der Waals surface area contributed by atoms with Crippen LogP contribution >= 0.6 is 0 Å². The van der Waals surface area contributed by atoms with Crippen molar-refractivity contribution < 1.29 is 14.0 Å². The highest BCUT2D eigenvalue weighted by molar-refractivity contribution is 6.05. The van der Waals surface area contributed by atoms with Gasteiger partial charge in [0.2, 0.25) is 5.89 Å². The molecule has 2 amide bonds. The van der Waals surface area contributed by atoms with E-state index in [2.05, 4.69) is 29.5 Å². The van der Waals surface area contributed by atoms with Crippen LogP contribution in [0.1, 0.15) is 58.5 Å². The third-order valence-corrected chi connectivity index (χ3v) is 6.54. The molecule has 0 atom stereocenters. The molecule has 4 aromatic carbocycles. The van der Waals surface area contributed by atoms with Crippen LogP contribution in [-0.2, 0) is 12.8 Å². The Kier molecular flexibility index (Phi) is 7.83. The highest BCUT2D eigenvalue weighted by Gasteiger charge is 2.12. The molecule has 0 bridgehead atoms. The van der Waals surface area contributed by atoms with Gasteiger partial charge < -0.3 is 15.1 Å². The summed E-state index contributed by atoms with van der Waals surface area (Å²) in [6, 6.07) is 28.1. The number of benzene rings is 4. The first-order valence-corrected chi connectivity index (χ1v) is 13.3. The van der Waals surface area contributed by atoms with Crippen molar-refractivity contribution in [3.05, 3.63) is 113 Å². The van der Waals surface area contributed by atoms with Crippen molar-refractivity contribution in [1.29, 1.82) is 0 Å². The first-order valence-electron chi connectivity index (χ1n) is 13.3. The average molecular weight is 518 g/mol. The number of nitrogens with zero attached hydrogens (tertiary/aromatic N) is 1. The molecular weight excluding hydrogens is 486 g/mol. The zero-order valence-corrected chi connectivity index (χ0v) is 22.2. The number of aryl methyl sites for hydroxylation is 2. The van der Waals surface area contributed by atoms with Crippen LogP contribution in [0, 0.1) is 0 Å². The van der Waals surface area contributed by atoms with Gasteiger partial charge in [-0.1, -0.05) is 51.0 Å². The first kappa shape index (κ1) is 25.9. The molecular formula is C33H31N3O3. The molecule has 0 aliphatic carbocycles. The molecule has 0 saturated heterocycles. The second kappa shape index (κ2) is 11.8. The van der Waals surface area contributed by atoms with Gasteiger partial charge in [-0.2, -0.15) is 0 Å². The Balaban J connectivity index is 1.25. The minimum Gasteiger partial charge on any atom is -0.436 e. The fourth-order valence-corrected chi connectivity index (χ4v) is 4.45. The van der Waals surface area contributed by atoms with E-state index in [4.69, 9.17) is 4.42 Å². The highest BCUT2D eigenvalue weighted by Crippen LogP contribution is 2.27. The van der Waals surface area contributed by atoms with Crippen LogP contribution in [0.25, 0.3) is 22.6 Å². The molecule has 5 rings (SSSR count). The van der Waals surface area contributed by atoms with E-state index in [-0.39, 0.29) is 11.8 Å². The Morgan fingerprint density at radius 1 is 0.667 bits per heavy atom. The molecule has 0 radical (unpaired) electrons. The number of hydrogen-bond acceptors (Lipinski definition) is 4. The normalized spacial score (nSPS) is 10.9. The number of rotatable bonds is 9. The predicted octanol–water partition coefficient (Wildman–Crippen LogP) is 7.90. The fraction of sp³-hybridized carbons (Fsp3) is 0.182. The zero-order valence-electron chi connectivity index (χ0n) is 22.2. The van der Waals surface area contributed by atoms with Crippen molar-refractivity contribution in [1.82, 2.24) is 4.98 Å². The minimum absolute atomic E-state index is 0.154. The topological polar surface area (TPSA) is 84.2 Å². The standard InChI is InChI=1S/C33H31N3O3/c1-3-5-22-7-11-24(12-8-22)31(37)34-27-17-15-26(16-18-27)33-36-29-21-28(19-20-30(29)39-33)35-32(38)25-13-9-23(6-4-2)10-14-25/h7-21H,3-6H2,1-2H3,(H,34,37)(H,35,38). The number of anilines is 2. The number of fused-ring (bicyclic) bond motifs is 1. The molecule has 6 nitrogen and oxygen atoms in total. The summed E-state index contributed by atoms with van der Waals surface area (Å²) in [6.07, 6.45) is 4.14. The van der Waals surface area contributed by atoms with E-state index >= 15 is 0 Å². The third-order valence-electron chi connectivity index (χ3n) is 6.54. The lowest BCUT2D eigenvalue weighted by atomic mass is 10.1. The van der Waals surface area contributed by atoms with E-state index < -0.39 is 0 Å². The molecule has 196 valence electrons. The van der Waals surface area contributed by atoms with Crippen molar-refractivity contribution >= 4 is 34.3 Å². The van der Waals surface area contributed by atoms with Crippen LogP contribution in [0.5, 0.6) is 0 Å². The van der Waals surface area contributed by atoms with E-state index in [0.717, 1.165) is 31.2 Å². The smallest absolute Gasteiger partial charge is 0.255 e. The summed E-state index contributed by atoms with van der Waals surface area (Å²) >= 11 is 0. The van der Waals surface area contributed by atoms with Crippen molar-refractivity contribution in [3.63, 3.8) is 0 Å². The van der Waals surface area contributed by atoms with Gasteiger partial charge in [-0.25, -0.2) is 4.98 Å². The highest BCUT2D eigenvalue weighted by atomic mass is 16.3. The average Bonchev–Trinajstić information content (AvgIpc) is 3.38. The van der Waals surface area contributed by atoms with Crippen molar-refractivity contribution in [2.24, 2.45) is 0 Å². The largest absolute Gasteiger partial charge is 0.436 e. The predicted molar refractivity (Wildman–Crippen MR) is 156 cm³/mol. The second-order valence-corrected chi connectivity index (χ2v) is 9.58. The Morgan fingerprint density at radius 3 is 1.72 bits per heavy atom. The van der Waals surface area contributed by atoms with Crippen molar-refractivity contribution in [3.8, 4) is 11.5 Å². The molecule has 0 saturated carbocycles. The molecule has 0 unspecified atom stereocenters. The summed E-state index contributed by atoms with van der Waals surface area (Å²) in [5.74, 6) is 0.138. The van der Waals surface area contributed by atoms with Crippen LogP contribution in [0.3, 0.4) is 0 Å². The molecule has 1 heterocycles. The number of nitrogens with one attached hydrogen (secondary N) is 2. The molecule has 2 N–H and O–H groups in total. The van der Waals surface area contributed by atoms with Gasteiger partial charge >= 0.3 is 0 Å². The molecule has 0 fully saturated rings. The van der Waals surface area contributed by atoms with Crippen molar-refractivity contribution in [2.75, 3.05) is 10.6 Å². The van der Waals surface area contributed by atoms with E-state index in [1.807, 2.05) is 72.8 Å². The quantitative estimate of drug-likeness (QED) is 0.208. The van der Waals surface area contributed by atoms with Crippen molar-refractivity contribution in [2.45, 2.75) is 39.5 Å². The maximum atomic E-state index is 12.7. The number of carbonyl (C=O) groups excluding carboxylic acids is 2. The van der Waals surface area contributed by atoms with Gasteiger partial charge in [0.15, 0.2) is 5.58 Å². The SMILES string of the molecule is CCCc1ccc(C(=O)Nc2ccc(-c3nc4cc(NC(=O)c5ccc(CCC)cc5)ccc4o3)cc2)cc1. The molecule has 0 aliphatic rings. The minimum atomic E-state index is -0.171.